The molecule has 22 heavy (non-hydrogen) atoms. The molecule has 0 aliphatic carbocycles. The first-order valence-electron chi connectivity index (χ1n) is 7.48. The molecule has 0 atom stereocenters. The third-order valence-corrected chi connectivity index (χ3v) is 4.38. The Kier molecular flexibility index (Phi) is 5.24. The summed E-state index contributed by atoms with van der Waals surface area (Å²) in [6.45, 7) is 10.7. The Morgan fingerprint density at radius 1 is 1.32 bits per heavy atom. The summed E-state index contributed by atoms with van der Waals surface area (Å²) in [5, 5.41) is 11.6. The highest BCUT2D eigenvalue weighted by molar-refractivity contribution is 9.10. The van der Waals surface area contributed by atoms with Gasteiger partial charge in [-0.1, -0.05) is 0 Å². The van der Waals surface area contributed by atoms with Gasteiger partial charge in [-0.25, -0.2) is 0 Å². The van der Waals surface area contributed by atoms with Gasteiger partial charge in [-0.3, -0.25) is 5.32 Å². The van der Waals surface area contributed by atoms with Crippen LogP contribution in [0.15, 0.2) is 4.60 Å². The lowest BCUT2D eigenvalue weighted by molar-refractivity contribution is -0.0256. The molecule has 1 aliphatic rings. The van der Waals surface area contributed by atoms with Crippen LogP contribution >= 0.6 is 15.9 Å². The molecule has 0 amide bonds. The predicted molar refractivity (Wildman–Crippen MR) is 90.6 cm³/mol. The Morgan fingerprint density at radius 3 is 2.50 bits per heavy atom. The summed E-state index contributed by atoms with van der Waals surface area (Å²) >= 11 is 3.21. The van der Waals surface area contributed by atoms with Crippen LogP contribution in [-0.4, -0.2) is 46.1 Å². The zero-order chi connectivity index (χ0) is 16.4. The lowest BCUT2D eigenvalue weighted by Crippen LogP contribution is -2.53. The van der Waals surface area contributed by atoms with Crippen molar-refractivity contribution in [2.45, 2.75) is 51.7 Å². The second-order valence-corrected chi connectivity index (χ2v) is 7.66. The first kappa shape index (κ1) is 17.4. The first-order valence-corrected chi connectivity index (χ1v) is 8.27. The number of nitrogens with one attached hydrogen (secondary N) is 1. The quantitative estimate of drug-likeness (QED) is 0.780. The molecule has 1 aromatic heterocycles. The molecule has 0 saturated carbocycles. The zero-order valence-electron chi connectivity index (χ0n) is 13.7. The van der Waals surface area contributed by atoms with Gasteiger partial charge in [0.1, 0.15) is 0 Å². The summed E-state index contributed by atoms with van der Waals surface area (Å²) in [6, 6.07) is 0. The number of rotatable bonds is 4. The van der Waals surface area contributed by atoms with E-state index in [9.17, 15) is 0 Å². The number of halogens is 1. The molecule has 0 unspecified atom stereocenters. The van der Waals surface area contributed by atoms with Crippen molar-refractivity contribution in [1.82, 2.24) is 20.5 Å². The topological polar surface area (TPSA) is 89.2 Å². The second kappa shape index (κ2) is 6.64. The number of hydrogen-bond donors (Lipinski definition) is 2. The molecule has 1 aliphatic heterocycles. The number of nitrogens with zero attached hydrogens (tertiary/aromatic N) is 4. The summed E-state index contributed by atoms with van der Waals surface area (Å²) in [4.78, 5) is 6.39. The molecule has 3 N–H and O–H groups in total. The maximum atomic E-state index is 5.77. The van der Waals surface area contributed by atoms with Gasteiger partial charge >= 0.3 is 0 Å². The van der Waals surface area contributed by atoms with Crippen LogP contribution in [0.25, 0.3) is 0 Å². The van der Waals surface area contributed by atoms with Crippen LogP contribution in [0.3, 0.4) is 0 Å². The van der Waals surface area contributed by atoms with Gasteiger partial charge in [0.15, 0.2) is 10.4 Å². The standard InChI is InChI=1S/C14H25BrN6O/c1-13(2,3)22-9-17-14(4)5-7-21(8-6-14)12-18-11(16)10(15)19-20-12/h17H,5-9H2,1-4H3,(H2,16,18,20). The van der Waals surface area contributed by atoms with E-state index in [1.54, 1.807) is 0 Å². The van der Waals surface area contributed by atoms with Crippen molar-refractivity contribution in [1.29, 1.82) is 0 Å². The minimum atomic E-state index is -0.126. The third kappa shape index (κ3) is 4.76. The molecule has 1 saturated heterocycles. The molecule has 1 fully saturated rings. The summed E-state index contributed by atoms with van der Waals surface area (Å²) in [5.74, 6) is 0.962. The molecule has 0 spiro atoms. The van der Waals surface area contributed by atoms with Crippen molar-refractivity contribution in [2.24, 2.45) is 0 Å². The van der Waals surface area contributed by atoms with E-state index in [-0.39, 0.29) is 11.1 Å². The van der Waals surface area contributed by atoms with Gasteiger partial charge in [0.05, 0.1) is 12.3 Å². The van der Waals surface area contributed by atoms with E-state index in [2.05, 4.69) is 69.0 Å². The van der Waals surface area contributed by atoms with Crippen LogP contribution in [0.1, 0.15) is 40.5 Å². The molecule has 0 radical (unpaired) electrons. The molecule has 7 nitrogen and oxygen atoms in total. The highest BCUT2D eigenvalue weighted by Gasteiger charge is 2.31. The lowest BCUT2D eigenvalue weighted by atomic mass is 9.90. The van der Waals surface area contributed by atoms with E-state index < -0.39 is 0 Å². The molecule has 0 bridgehead atoms. The van der Waals surface area contributed by atoms with Crippen LogP contribution in [0.2, 0.25) is 0 Å². The summed E-state index contributed by atoms with van der Waals surface area (Å²) in [5.41, 5.74) is 5.71. The number of hydrogen-bond acceptors (Lipinski definition) is 7. The third-order valence-electron chi connectivity index (χ3n) is 3.81. The fourth-order valence-electron chi connectivity index (χ4n) is 2.25. The van der Waals surface area contributed by atoms with Crippen LogP contribution in [-0.2, 0) is 4.74 Å². The number of anilines is 2. The molecule has 1 aromatic rings. The average molecular weight is 373 g/mol. The van der Waals surface area contributed by atoms with Gasteiger partial charge in [-0.15, -0.1) is 10.2 Å². The number of piperidine rings is 1. The Morgan fingerprint density at radius 2 is 1.95 bits per heavy atom. The highest BCUT2D eigenvalue weighted by atomic mass is 79.9. The van der Waals surface area contributed by atoms with Crippen LogP contribution in [0.4, 0.5) is 11.8 Å². The Bertz CT molecular complexity index is 511. The van der Waals surface area contributed by atoms with E-state index in [0.717, 1.165) is 25.9 Å². The minimum Gasteiger partial charge on any atom is -0.381 e. The van der Waals surface area contributed by atoms with Gasteiger partial charge in [0.25, 0.3) is 0 Å². The Balaban J connectivity index is 1.87. The summed E-state index contributed by atoms with van der Waals surface area (Å²) < 4.78 is 6.24. The fourth-order valence-corrected chi connectivity index (χ4v) is 2.42. The first-order chi connectivity index (χ1) is 10.2. The minimum absolute atomic E-state index is 0.0656. The van der Waals surface area contributed by atoms with Gasteiger partial charge in [-0.05, 0) is 56.5 Å². The SMILES string of the molecule is CC1(NCOC(C)(C)C)CCN(c2nnc(Br)c(N)n2)CC1. The smallest absolute Gasteiger partial charge is 0.247 e. The molecule has 2 rings (SSSR count). The molecule has 8 heteroatoms. The Hall–Kier alpha value is -0.990. The van der Waals surface area contributed by atoms with Gasteiger partial charge in [0.2, 0.25) is 5.95 Å². The van der Waals surface area contributed by atoms with Crippen molar-refractivity contribution in [3.05, 3.63) is 4.60 Å². The van der Waals surface area contributed by atoms with E-state index in [4.69, 9.17) is 10.5 Å². The molecular formula is C14H25BrN6O. The Labute approximate surface area is 140 Å². The van der Waals surface area contributed by atoms with Crippen LogP contribution in [0.5, 0.6) is 0 Å². The lowest BCUT2D eigenvalue weighted by Gasteiger charge is -2.40. The normalized spacial score (nSPS) is 18.5. The predicted octanol–water partition coefficient (Wildman–Crippen LogP) is 1.94. The van der Waals surface area contributed by atoms with Gasteiger partial charge < -0.3 is 15.4 Å². The number of ether oxygens (including phenoxy) is 1. The fraction of sp³-hybridized carbons (Fsp3) is 0.786. The average Bonchev–Trinajstić information content (AvgIpc) is 2.41. The van der Waals surface area contributed by atoms with Crippen LogP contribution < -0.4 is 16.0 Å². The monoisotopic (exact) mass is 372 g/mol. The van der Waals surface area contributed by atoms with E-state index in [1.807, 2.05) is 0 Å². The number of aromatic nitrogens is 3. The zero-order valence-corrected chi connectivity index (χ0v) is 15.3. The van der Waals surface area contributed by atoms with E-state index in [1.165, 1.54) is 0 Å². The van der Waals surface area contributed by atoms with Crippen molar-refractivity contribution in [3.8, 4) is 0 Å². The van der Waals surface area contributed by atoms with E-state index >= 15 is 0 Å². The summed E-state index contributed by atoms with van der Waals surface area (Å²) in [6.07, 6.45) is 1.97. The highest BCUT2D eigenvalue weighted by Crippen LogP contribution is 2.25. The summed E-state index contributed by atoms with van der Waals surface area (Å²) in [7, 11) is 0. The number of nitrogen functional groups attached to an aromatic ring is 1. The number of nitrogens with two attached hydrogens (primary N) is 1. The second-order valence-electron chi connectivity index (χ2n) is 6.91. The van der Waals surface area contributed by atoms with Crippen molar-refractivity contribution in [2.75, 3.05) is 30.5 Å². The van der Waals surface area contributed by atoms with Gasteiger partial charge in [0, 0.05) is 18.6 Å². The van der Waals surface area contributed by atoms with Crippen molar-refractivity contribution >= 4 is 27.7 Å². The van der Waals surface area contributed by atoms with Crippen molar-refractivity contribution < 1.29 is 4.74 Å². The van der Waals surface area contributed by atoms with Crippen molar-refractivity contribution in [3.63, 3.8) is 0 Å². The maximum absolute atomic E-state index is 5.77. The molecule has 124 valence electrons. The molecule has 2 heterocycles. The largest absolute Gasteiger partial charge is 0.381 e. The van der Waals surface area contributed by atoms with E-state index in [0.29, 0.717) is 23.1 Å². The molecule has 0 aromatic carbocycles. The van der Waals surface area contributed by atoms with Crippen LogP contribution in [0, 0.1) is 0 Å². The molecular weight excluding hydrogens is 348 g/mol. The van der Waals surface area contributed by atoms with Gasteiger partial charge in [-0.2, -0.15) is 4.98 Å². The maximum Gasteiger partial charge on any atom is 0.247 e.